The number of nitrogens with zero attached hydrogens (tertiary/aromatic N) is 3. The molecule has 5 aromatic rings. The van der Waals surface area contributed by atoms with E-state index in [0.29, 0.717) is 26.0 Å². The number of rotatable bonds is 6. The van der Waals surface area contributed by atoms with Gasteiger partial charge in [-0.25, -0.2) is 14.8 Å². The Morgan fingerprint density at radius 3 is 2.26 bits per heavy atom. The van der Waals surface area contributed by atoms with Gasteiger partial charge in [-0.3, -0.25) is 4.79 Å². The van der Waals surface area contributed by atoms with Gasteiger partial charge in [0, 0.05) is 43.4 Å². The van der Waals surface area contributed by atoms with E-state index in [4.69, 9.17) is 14.5 Å². The molecular formula is C36H37N7O4. The first-order valence-corrected chi connectivity index (χ1v) is 16.2. The van der Waals surface area contributed by atoms with Crippen LogP contribution in [0, 0.1) is 0 Å². The Labute approximate surface area is 272 Å². The van der Waals surface area contributed by atoms with E-state index >= 15 is 0 Å². The molecule has 1 amide bonds. The van der Waals surface area contributed by atoms with Gasteiger partial charge in [-0.2, -0.15) is 0 Å². The highest BCUT2D eigenvalue weighted by molar-refractivity contribution is 5.88. The second kappa shape index (κ2) is 12.3. The molecule has 2 aromatic carbocycles. The van der Waals surface area contributed by atoms with Gasteiger partial charge < -0.3 is 34.6 Å². The lowest BCUT2D eigenvalue weighted by atomic mass is 9.79. The zero-order valence-corrected chi connectivity index (χ0v) is 26.2. The van der Waals surface area contributed by atoms with Gasteiger partial charge in [-0.15, -0.1) is 0 Å². The summed E-state index contributed by atoms with van der Waals surface area (Å²) in [7, 11) is 1.35. The van der Waals surface area contributed by atoms with Gasteiger partial charge in [0.15, 0.2) is 0 Å². The summed E-state index contributed by atoms with van der Waals surface area (Å²) in [5.41, 5.74) is 8.43. The van der Waals surface area contributed by atoms with E-state index in [1.54, 1.807) is 0 Å². The number of amides is 1. The van der Waals surface area contributed by atoms with Crippen LogP contribution in [0.15, 0.2) is 73.2 Å². The molecule has 240 valence electrons. The number of benzene rings is 2. The van der Waals surface area contributed by atoms with E-state index in [1.165, 1.54) is 12.7 Å². The number of imidazole rings is 2. The number of morpholine rings is 1. The van der Waals surface area contributed by atoms with E-state index in [2.05, 4.69) is 90.9 Å². The van der Waals surface area contributed by atoms with Crippen molar-refractivity contribution in [1.82, 2.24) is 35.1 Å². The second-order valence-electron chi connectivity index (χ2n) is 12.6. The molecule has 4 atom stereocenters. The lowest BCUT2D eigenvalue weighted by molar-refractivity contribution is -0.121. The summed E-state index contributed by atoms with van der Waals surface area (Å²) in [6.07, 6.45) is 7.15. The Morgan fingerprint density at radius 1 is 0.936 bits per heavy atom. The Bertz CT molecular complexity index is 1900. The van der Waals surface area contributed by atoms with Gasteiger partial charge >= 0.3 is 6.09 Å². The quantitative estimate of drug-likeness (QED) is 0.204. The summed E-state index contributed by atoms with van der Waals surface area (Å²) in [6, 6.07) is 18.8. The number of hydrogen-bond acceptors (Lipinski definition) is 7. The van der Waals surface area contributed by atoms with Gasteiger partial charge in [0.05, 0.1) is 56.1 Å². The number of aryl methyl sites for hydroxylation is 1. The predicted octanol–water partition coefficient (Wildman–Crippen LogP) is 5.11. The summed E-state index contributed by atoms with van der Waals surface area (Å²) in [5, 5.41) is 6.34. The zero-order valence-electron chi connectivity index (χ0n) is 26.2. The molecule has 1 unspecified atom stereocenters. The Balaban J connectivity index is 0.965. The minimum absolute atomic E-state index is 0.0906. The summed E-state index contributed by atoms with van der Waals surface area (Å²) in [6.45, 7) is 2.83. The van der Waals surface area contributed by atoms with Crippen molar-refractivity contribution in [3.63, 3.8) is 0 Å². The highest BCUT2D eigenvalue weighted by Crippen LogP contribution is 2.40. The van der Waals surface area contributed by atoms with Crippen molar-refractivity contribution in [2.45, 2.75) is 49.7 Å². The normalized spacial score (nSPS) is 22.4. The number of aromatic nitrogens is 5. The largest absolute Gasteiger partial charge is 0.453 e. The van der Waals surface area contributed by atoms with E-state index in [0.717, 1.165) is 70.6 Å². The lowest BCUT2D eigenvalue weighted by Gasteiger charge is -2.31. The van der Waals surface area contributed by atoms with Gasteiger partial charge in [-0.05, 0) is 46.7 Å². The third-order valence-electron chi connectivity index (χ3n) is 9.77. The van der Waals surface area contributed by atoms with Crippen LogP contribution in [0.1, 0.15) is 53.6 Å². The average Bonchev–Trinajstić information content (AvgIpc) is 3.88. The van der Waals surface area contributed by atoms with Crippen molar-refractivity contribution in [1.29, 1.82) is 0 Å². The van der Waals surface area contributed by atoms with Gasteiger partial charge in [0.1, 0.15) is 17.4 Å². The maximum atomic E-state index is 13.7. The first-order valence-electron chi connectivity index (χ1n) is 16.2. The molecule has 5 heterocycles. The number of nitrogens with one attached hydrogen (secondary N) is 4. The maximum Gasteiger partial charge on any atom is 0.407 e. The summed E-state index contributed by atoms with van der Waals surface area (Å²) < 4.78 is 12.6. The van der Waals surface area contributed by atoms with Gasteiger partial charge in [-0.1, -0.05) is 48.5 Å². The molecule has 2 aliphatic heterocycles. The molecule has 1 saturated heterocycles. The molecule has 3 aromatic heterocycles. The summed E-state index contributed by atoms with van der Waals surface area (Å²) in [5.74, 6) is 1.31. The average molecular weight is 632 g/mol. The zero-order chi connectivity index (χ0) is 31.9. The van der Waals surface area contributed by atoms with Crippen LogP contribution in [0.25, 0.3) is 33.6 Å². The molecule has 0 saturated carbocycles. The van der Waals surface area contributed by atoms with Crippen molar-refractivity contribution in [2.24, 2.45) is 0 Å². The third kappa shape index (κ3) is 5.66. The smallest absolute Gasteiger partial charge is 0.407 e. The van der Waals surface area contributed by atoms with Crippen LogP contribution in [-0.2, 0) is 27.2 Å². The number of carbonyl (C=O) groups is 2. The van der Waals surface area contributed by atoms with Crippen LogP contribution < -0.4 is 10.6 Å². The van der Waals surface area contributed by atoms with Crippen LogP contribution in [0.4, 0.5) is 4.79 Å². The van der Waals surface area contributed by atoms with Crippen molar-refractivity contribution in [2.75, 3.05) is 26.9 Å². The van der Waals surface area contributed by atoms with Crippen LogP contribution in [0.3, 0.4) is 0 Å². The topological polar surface area (TPSA) is 139 Å². The molecule has 0 spiro atoms. The molecule has 0 bridgehead atoms. The standard InChI is InChI=1S/C36H37N7O4/c1-46-36(45)42-27-11-10-25-12-14-43-19-26(16-31(44)32(27)33(25)43)34-38-17-28(40-34)23-6-2-21(3-7-23)22-4-8-24(9-5-22)29-18-39-35(41-29)30-20-47-15-13-37-30/h2-9,12,14,17-18,26-27,30,32,37H,10-11,13,15-16,19-20H2,1H3,(H,38,40)(H,39,41)(H,42,45)/t26-,27-,30-,32?/m0/s1. The highest BCUT2D eigenvalue weighted by atomic mass is 16.5. The molecule has 47 heavy (non-hydrogen) atoms. The van der Waals surface area contributed by atoms with E-state index in [9.17, 15) is 9.59 Å². The maximum absolute atomic E-state index is 13.7. The SMILES string of the molecule is COC(=O)N[C@H]1CCc2ccn3c2C1C(=O)C[C@H](c1ncc(-c2ccc(-c4ccc(-c5cnc([C@@H]6COCCN6)[nH]5)cc4)cc2)[nH]1)C3. The van der Waals surface area contributed by atoms with Crippen LogP contribution in [0.2, 0.25) is 0 Å². The number of H-pyrrole nitrogens is 2. The number of ether oxygens (including phenoxy) is 2. The van der Waals surface area contributed by atoms with E-state index in [1.807, 2.05) is 12.4 Å². The fourth-order valence-electron chi connectivity index (χ4n) is 7.32. The lowest BCUT2D eigenvalue weighted by Crippen LogP contribution is -2.44. The van der Waals surface area contributed by atoms with Gasteiger partial charge in [0.25, 0.3) is 0 Å². The fourth-order valence-corrected chi connectivity index (χ4v) is 7.32. The molecule has 11 heteroatoms. The molecule has 8 rings (SSSR count). The number of ketones is 1. The van der Waals surface area contributed by atoms with Crippen LogP contribution in [0.5, 0.6) is 0 Å². The minimum Gasteiger partial charge on any atom is -0.453 e. The van der Waals surface area contributed by atoms with E-state index in [-0.39, 0.29) is 29.7 Å². The first-order chi connectivity index (χ1) is 23.0. The predicted molar refractivity (Wildman–Crippen MR) is 176 cm³/mol. The number of carbonyl (C=O) groups excluding carboxylic acids is 2. The molecule has 0 radical (unpaired) electrons. The molecule has 1 fully saturated rings. The number of Topliss-reactive ketones (excluding diaryl/α,β-unsaturated/α-hetero) is 1. The Morgan fingerprint density at radius 2 is 1.60 bits per heavy atom. The summed E-state index contributed by atoms with van der Waals surface area (Å²) in [4.78, 5) is 42.0. The van der Waals surface area contributed by atoms with Crippen LogP contribution in [-0.4, -0.2) is 69.3 Å². The molecule has 3 aliphatic rings. The van der Waals surface area contributed by atoms with Crippen molar-refractivity contribution in [3.05, 3.63) is 96.1 Å². The number of methoxy groups -OCH3 is 1. The van der Waals surface area contributed by atoms with Crippen LogP contribution >= 0.6 is 0 Å². The van der Waals surface area contributed by atoms with Crippen molar-refractivity contribution < 1.29 is 19.1 Å². The molecule has 11 nitrogen and oxygen atoms in total. The minimum atomic E-state index is -0.504. The molecule has 1 aliphatic carbocycles. The Hall–Kier alpha value is -5.00. The monoisotopic (exact) mass is 631 g/mol. The van der Waals surface area contributed by atoms with E-state index < -0.39 is 6.09 Å². The second-order valence-corrected chi connectivity index (χ2v) is 12.6. The third-order valence-corrected chi connectivity index (χ3v) is 9.77. The number of alkyl carbamates (subject to hydrolysis) is 1. The van der Waals surface area contributed by atoms with Crippen molar-refractivity contribution in [3.8, 4) is 33.6 Å². The number of aromatic amines is 2. The fraction of sp³-hybridized carbons (Fsp3) is 0.333. The van der Waals surface area contributed by atoms with Gasteiger partial charge in [0.2, 0.25) is 0 Å². The number of hydrogen-bond donors (Lipinski definition) is 4. The molecule has 4 N–H and O–H groups in total. The first kappa shape index (κ1) is 29.4. The molecular weight excluding hydrogens is 594 g/mol. The van der Waals surface area contributed by atoms with Crippen molar-refractivity contribution >= 4 is 11.9 Å². The Kier molecular flexibility index (Phi) is 7.70. The highest BCUT2D eigenvalue weighted by Gasteiger charge is 2.41. The summed E-state index contributed by atoms with van der Waals surface area (Å²) >= 11 is 0.